The Morgan fingerprint density at radius 2 is 2.14 bits per heavy atom. The number of fused-ring (bicyclic) bond motifs is 1. The first-order chi connectivity index (χ1) is 13.5. The molecule has 2 atom stereocenters. The molecular weight excluding hydrogens is 376 g/mol. The molecule has 0 bridgehead atoms. The van der Waals surface area contributed by atoms with Gasteiger partial charge in [-0.25, -0.2) is 4.98 Å². The molecule has 146 valence electrons. The maximum atomic E-state index is 12.9. The van der Waals surface area contributed by atoms with Crippen molar-refractivity contribution in [2.24, 2.45) is 7.05 Å². The normalized spacial score (nSPS) is 19.7. The average Bonchev–Trinajstić information content (AvgIpc) is 3.05. The molecule has 1 aliphatic rings. The second kappa shape index (κ2) is 7.89. The van der Waals surface area contributed by atoms with Crippen molar-refractivity contribution in [1.29, 1.82) is 0 Å². The van der Waals surface area contributed by atoms with E-state index in [1.54, 1.807) is 12.4 Å². The van der Waals surface area contributed by atoms with Crippen molar-refractivity contribution in [3.63, 3.8) is 0 Å². The van der Waals surface area contributed by atoms with E-state index in [1.165, 1.54) is 0 Å². The van der Waals surface area contributed by atoms with Gasteiger partial charge in [-0.1, -0.05) is 24.4 Å². The first kappa shape index (κ1) is 18.9. The largest absolute Gasteiger partial charge is 0.391 e. The highest BCUT2D eigenvalue weighted by atomic mass is 35.5. The molecule has 1 aliphatic carbocycles. The third kappa shape index (κ3) is 3.88. The van der Waals surface area contributed by atoms with E-state index in [0.717, 1.165) is 47.8 Å². The second-order valence-electron chi connectivity index (χ2n) is 7.45. The number of nitrogens with one attached hydrogen (secondary N) is 1. The lowest BCUT2D eigenvalue weighted by molar-refractivity contribution is 0.0714. The van der Waals surface area contributed by atoms with Crippen LogP contribution in [0.2, 0.25) is 5.02 Å². The summed E-state index contributed by atoms with van der Waals surface area (Å²) in [6.45, 7) is 0. The predicted molar refractivity (Wildman–Crippen MR) is 108 cm³/mol. The Bertz CT molecular complexity index is 1020. The van der Waals surface area contributed by atoms with Gasteiger partial charge in [0, 0.05) is 31.0 Å². The van der Waals surface area contributed by atoms with Gasteiger partial charge in [0.25, 0.3) is 5.91 Å². The molecule has 0 unspecified atom stereocenters. The number of rotatable bonds is 4. The van der Waals surface area contributed by atoms with Crippen LogP contribution in [0.15, 0.2) is 36.8 Å². The van der Waals surface area contributed by atoms with Gasteiger partial charge < -0.3 is 15.0 Å². The van der Waals surface area contributed by atoms with Crippen LogP contribution in [0.25, 0.3) is 11.0 Å². The number of hydrogen-bond acceptors (Lipinski definition) is 4. The number of amides is 1. The van der Waals surface area contributed by atoms with Gasteiger partial charge in [-0.05, 0) is 48.6 Å². The van der Waals surface area contributed by atoms with Gasteiger partial charge in [-0.15, -0.1) is 0 Å². The lowest BCUT2D eigenvalue weighted by atomic mass is 9.92. The number of aryl methyl sites for hydroxylation is 1. The molecule has 3 heterocycles. The van der Waals surface area contributed by atoms with Crippen LogP contribution in [0.4, 0.5) is 0 Å². The van der Waals surface area contributed by atoms with E-state index in [9.17, 15) is 9.90 Å². The fourth-order valence-electron chi connectivity index (χ4n) is 3.86. The van der Waals surface area contributed by atoms with Crippen molar-refractivity contribution in [3.05, 3.63) is 58.6 Å². The number of nitrogens with zero attached hydrogens (tertiary/aromatic N) is 3. The topological polar surface area (TPSA) is 80.0 Å². The highest BCUT2D eigenvalue weighted by Gasteiger charge is 2.25. The Balaban J connectivity index is 1.67. The predicted octanol–water partition coefficient (Wildman–Crippen LogP) is 3.25. The molecule has 4 rings (SSSR count). The third-order valence-electron chi connectivity index (χ3n) is 5.36. The van der Waals surface area contributed by atoms with E-state index in [-0.39, 0.29) is 11.9 Å². The molecule has 1 saturated carbocycles. The van der Waals surface area contributed by atoms with Crippen LogP contribution in [0.5, 0.6) is 0 Å². The number of halogens is 1. The number of carbonyl (C=O) groups excluding carboxylic acids is 1. The molecule has 0 saturated heterocycles. The van der Waals surface area contributed by atoms with E-state index in [2.05, 4.69) is 15.3 Å². The number of aromatic nitrogens is 3. The molecule has 3 aromatic rings. The van der Waals surface area contributed by atoms with E-state index in [1.807, 2.05) is 36.0 Å². The number of aliphatic hydroxyl groups is 1. The minimum Gasteiger partial charge on any atom is -0.391 e. The Morgan fingerprint density at radius 1 is 1.32 bits per heavy atom. The van der Waals surface area contributed by atoms with Crippen molar-refractivity contribution in [2.45, 2.75) is 44.2 Å². The maximum absolute atomic E-state index is 12.9. The Kier molecular flexibility index (Phi) is 5.33. The van der Waals surface area contributed by atoms with E-state index in [4.69, 9.17) is 11.6 Å². The van der Waals surface area contributed by atoms with Gasteiger partial charge in [0.15, 0.2) is 0 Å². The summed E-state index contributed by atoms with van der Waals surface area (Å²) in [5, 5.41) is 14.7. The molecule has 1 amide bonds. The van der Waals surface area contributed by atoms with Crippen LogP contribution in [0.3, 0.4) is 0 Å². The van der Waals surface area contributed by atoms with Gasteiger partial charge in [-0.2, -0.15) is 0 Å². The van der Waals surface area contributed by atoms with Crippen LogP contribution in [-0.4, -0.2) is 37.7 Å². The van der Waals surface area contributed by atoms with Crippen LogP contribution in [0, 0.1) is 0 Å². The summed E-state index contributed by atoms with van der Waals surface area (Å²) >= 11 is 6.07. The van der Waals surface area contributed by atoms with Crippen LogP contribution in [-0.2, 0) is 13.5 Å². The fourth-order valence-corrected chi connectivity index (χ4v) is 4.05. The summed E-state index contributed by atoms with van der Waals surface area (Å²) in [6, 6.07) is 5.49. The van der Waals surface area contributed by atoms with E-state index < -0.39 is 6.10 Å². The quantitative estimate of drug-likeness (QED) is 0.707. The van der Waals surface area contributed by atoms with Crippen molar-refractivity contribution >= 4 is 28.5 Å². The number of hydrogen-bond donors (Lipinski definition) is 2. The molecule has 0 radical (unpaired) electrons. The summed E-state index contributed by atoms with van der Waals surface area (Å²) in [6.07, 6.45) is 8.95. The molecule has 0 aliphatic heterocycles. The molecule has 2 N–H and O–H groups in total. The lowest BCUT2D eigenvalue weighted by Crippen LogP contribution is -2.45. The van der Waals surface area contributed by atoms with Gasteiger partial charge in [0.05, 0.1) is 17.2 Å². The molecule has 0 spiro atoms. The van der Waals surface area contributed by atoms with Gasteiger partial charge in [0.2, 0.25) is 0 Å². The highest BCUT2D eigenvalue weighted by molar-refractivity contribution is 6.30. The second-order valence-corrected chi connectivity index (χ2v) is 7.89. The Hall–Kier alpha value is -2.44. The number of pyridine rings is 2. The van der Waals surface area contributed by atoms with Crippen LogP contribution in [0.1, 0.15) is 47.3 Å². The summed E-state index contributed by atoms with van der Waals surface area (Å²) in [7, 11) is 1.91. The number of carbonyl (C=O) groups is 1. The summed E-state index contributed by atoms with van der Waals surface area (Å²) in [5.41, 5.74) is 3.07. The molecule has 3 aromatic heterocycles. The first-order valence-corrected chi connectivity index (χ1v) is 9.92. The van der Waals surface area contributed by atoms with Crippen LogP contribution < -0.4 is 5.32 Å². The molecule has 1 fully saturated rings. The molecule has 0 aromatic carbocycles. The zero-order valence-electron chi connectivity index (χ0n) is 15.7. The van der Waals surface area contributed by atoms with E-state index in [0.29, 0.717) is 17.1 Å². The summed E-state index contributed by atoms with van der Waals surface area (Å²) in [4.78, 5) is 21.6. The smallest absolute Gasteiger partial charge is 0.270 e. The first-order valence-electron chi connectivity index (χ1n) is 9.54. The fraction of sp³-hybridized carbons (Fsp3) is 0.381. The van der Waals surface area contributed by atoms with Crippen molar-refractivity contribution in [2.75, 3.05) is 0 Å². The SMILES string of the molecule is Cn1ccc2c(Cc3cncc(Cl)c3)cc(C(=O)N[C@H]3CCCC[C@@H]3O)nc21. The van der Waals surface area contributed by atoms with Gasteiger partial charge in [0.1, 0.15) is 11.3 Å². The van der Waals surface area contributed by atoms with Crippen molar-refractivity contribution < 1.29 is 9.90 Å². The molecule has 6 nitrogen and oxygen atoms in total. The molecule has 7 heteroatoms. The third-order valence-corrected chi connectivity index (χ3v) is 5.56. The minimum absolute atomic E-state index is 0.215. The number of aliphatic hydroxyl groups excluding tert-OH is 1. The molecule has 28 heavy (non-hydrogen) atoms. The van der Waals surface area contributed by atoms with Crippen molar-refractivity contribution in [1.82, 2.24) is 19.9 Å². The van der Waals surface area contributed by atoms with Crippen LogP contribution >= 0.6 is 11.6 Å². The standard InChI is InChI=1S/C21H23ClN4O2/c1-26-7-6-16-14(8-13-9-15(22)12-23-11-13)10-18(24-20(16)26)21(28)25-17-4-2-3-5-19(17)27/h6-7,9-12,17,19,27H,2-5,8H2,1H3,(H,25,28)/t17-,19-/m0/s1. The Labute approximate surface area is 168 Å². The zero-order valence-corrected chi connectivity index (χ0v) is 16.5. The monoisotopic (exact) mass is 398 g/mol. The summed E-state index contributed by atoms with van der Waals surface area (Å²) < 4.78 is 1.90. The van der Waals surface area contributed by atoms with E-state index >= 15 is 0 Å². The zero-order chi connectivity index (χ0) is 19.7. The van der Waals surface area contributed by atoms with Crippen molar-refractivity contribution in [3.8, 4) is 0 Å². The van der Waals surface area contributed by atoms with Gasteiger partial charge >= 0.3 is 0 Å². The minimum atomic E-state index is -0.492. The highest BCUT2D eigenvalue weighted by Crippen LogP contribution is 2.24. The lowest BCUT2D eigenvalue weighted by Gasteiger charge is -2.28. The maximum Gasteiger partial charge on any atom is 0.270 e. The summed E-state index contributed by atoms with van der Waals surface area (Å²) in [5.74, 6) is -0.250. The van der Waals surface area contributed by atoms with Gasteiger partial charge in [-0.3, -0.25) is 9.78 Å². The average molecular weight is 399 g/mol. The molecular formula is C21H23ClN4O2. The Morgan fingerprint density at radius 3 is 2.93 bits per heavy atom.